The molecule has 8 heteroatoms. The molecule has 1 amide bonds. The number of nitrogens with one attached hydrogen (secondary N) is 3. The van der Waals surface area contributed by atoms with Gasteiger partial charge in [0.05, 0.1) is 11.1 Å². The molecule has 1 fully saturated rings. The van der Waals surface area contributed by atoms with E-state index in [2.05, 4.69) is 15.6 Å². The number of carbonyl (C=O) groups is 1. The number of hydrogen-bond acceptors (Lipinski definition) is 4. The molecule has 2 heterocycles. The van der Waals surface area contributed by atoms with Crippen LogP contribution in [-0.2, 0) is 0 Å². The molecule has 0 bridgehead atoms. The van der Waals surface area contributed by atoms with Gasteiger partial charge in [-0.2, -0.15) is 0 Å². The fraction of sp³-hybridized carbons (Fsp3) is 0.500. The van der Waals surface area contributed by atoms with E-state index in [1.54, 1.807) is 0 Å². The van der Waals surface area contributed by atoms with Crippen molar-refractivity contribution in [2.24, 2.45) is 0 Å². The Morgan fingerprint density at radius 3 is 2.94 bits per heavy atom. The van der Waals surface area contributed by atoms with Crippen LogP contribution >= 0.6 is 12.4 Å². The molecule has 1 atom stereocenters. The van der Waals surface area contributed by atoms with Gasteiger partial charge in [-0.3, -0.25) is 14.9 Å². The number of nitrogens with zero attached hydrogens (tertiary/aromatic N) is 1. The number of H-pyrrole nitrogens is 1. The summed E-state index contributed by atoms with van der Waals surface area (Å²) in [4.78, 5) is 24.1. The second-order valence-electron chi connectivity index (χ2n) is 4.03. The number of rotatable bonds is 4. The normalized spacial score (nSPS) is 18.1. The standard InChI is InChI=1S/C10H14N4O3.ClH/c15-10(13-5-7-2-1-3-11-7)9-4-8(6-12-9)14(16)17;/h4,6-7,11-12H,1-3,5H2,(H,13,15);1H. The first-order chi connectivity index (χ1) is 8.16. The van der Waals surface area contributed by atoms with E-state index in [4.69, 9.17) is 0 Å². The molecule has 3 N–H and O–H groups in total. The van der Waals surface area contributed by atoms with Crippen LogP contribution in [0.3, 0.4) is 0 Å². The van der Waals surface area contributed by atoms with Gasteiger partial charge in [0, 0.05) is 18.7 Å². The summed E-state index contributed by atoms with van der Waals surface area (Å²) in [5, 5.41) is 16.4. The Hall–Kier alpha value is -1.60. The number of aromatic amines is 1. The number of hydrogen-bond donors (Lipinski definition) is 3. The Bertz CT molecular complexity index is 429. The molecule has 1 aliphatic rings. The molecule has 0 radical (unpaired) electrons. The van der Waals surface area contributed by atoms with Gasteiger partial charge in [-0.25, -0.2) is 0 Å². The first-order valence-corrected chi connectivity index (χ1v) is 5.51. The molecule has 1 saturated heterocycles. The van der Waals surface area contributed by atoms with Crippen LogP contribution in [0, 0.1) is 10.1 Å². The molecule has 1 aromatic heterocycles. The zero-order chi connectivity index (χ0) is 12.3. The molecular weight excluding hydrogens is 260 g/mol. The fourth-order valence-electron chi connectivity index (χ4n) is 1.86. The number of nitro groups is 1. The zero-order valence-electron chi connectivity index (χ0n) is 9.64. The van der Waals surface area contributed by atoms with Crippen LogP contribution in [0.2, 0.25) is 0 Å². The quantitative estimate of drug-likeness (QED) is 0.559. The Morgan fingerprint density at radius 1 is 1.61 bits per heavy atom. The van der Waals surface area contributed by atoms with Crippen molar-refractivity contribution in [3.05, 3.63) is 28.1 Å². The van der Waals surface area contributed by atoms with Gasteiger partial charge in [-0.05, 0) is 19.4 Å². The molecular formula is C10H15ClN4O3. The summed E-state index contributed by atoms with van der Waals surface area (Å²) in [6.07, 6.45) is 3.38. The van der Waals surface area contributed by atoms with Crippen LogP contribution in [0.15, 0.2) is 12.3 Å². The highest BCUT2D eigenvalue weighted by molar-refractivity contribution is 5.93. The first-order valence-electron chi connectivity index (χ1n) is 5.51. The lowest BCUT2D eigenvalue weighted by Crippen LogP contribution is -2.37. The topological polar surface area (TPSA) is 100 Å². The summed E-state index contributed by atoms with van der Waals surface area (Å²) >= 11 is 0. The summed E-state index contributed by atoms with van der Waals surface area (Å²) in [5.41, 5.74) is 0.115. The number of aromatic nitrogens is 1. The average molecular weight is 275 g/mol. The highest BCUT2D eigenvalue weighted by Crippen LogP contribution is 2.12. The number of halogens is 1. The van der Waals surface area contributed by atoms with Crippen molar-refractivity contribution in [3.63, 3.8) is 0 Å². The Labute approximate surface area is 110 Å². The van der Waals surface area contributed by atoms with Crippen molar-refractivity contribution < 1.29 is 9.72 Å². The van der Waals surface area contributed by atoms with Crippen molar-refractivity contribution >= 4 is 24.0 Å². The molecule has 1 aromatic rings. The molecule has 18 heavy (non-hydrogen) atoms. The third-order valence-electron chi connectivity index (χ3n) is 2.79. The lowest BCUT2D eigenvalue weighted by Gasteiger charge is -2.10. The van der Waals surface area contributed by atoms with E-state index in [9.17, 15) is 14.9 Å². The average Bonchev–Trinajstić information content (AvgIpc) is 2.96. The molecule has 0 aliphatic carbocycles. The molecule has 7 nitrogen and oxygen atoms in total. The van der Waals surface area contributed by atoms with E-state index >= 15 is 0 Å². The Morgan fingerprint density at radius 2 is 2.39 bits per heavy atom. The summed E-state index contributed by atoms with van der Waals surface area (Å²) in [5.74, 6) is -0.313. The van der Waals surface area contributed by atoms with Crippen molar-refractivity contribution in [2.45, 2.75) is 18.9 Å². The van der Waals surface area contributed by atoms with Crippen LogP contribution in [0.1, 0.15) is 23.3 Å². The lowest BCUT2D eigenvalue weighted by molar-refractivity contribution is -0.384. The maximum atomic E-state index is 11.6. The van der Waals surface area contributed by atoms with Crippen molar-refractivity contribution in [1.82, 2.24) is 15.6 Å². The number of amides is 1. The zero-order valence-corrected chi connectivity index (χ0v) is 10.5. The van der Waals surface area contributed by atoms with Crippen molar-refractivity contribution in [1.29, 1.82) is 0 Å². The van der Waals surface area contributed by atoms with Gasteiger partial charge in [0.15, 0.2) is 0 Å². The largest absolute Gasteiger partial charge is 0.351 e. The second kappa shape index (κ2) is 6.36. The second-order valence-corrected chi connectivity index (χ2v) is 4.03. The van der Waals surface area contributed by atoms with Gasteiger partial charge in [-0.1, -0.05) is 0 Å². The van der Waals surface area contributed by atoms with Crippen LogP contribution in [0.4, 0.5) is 5.69 Å². The van der Waals surface area contributed by atoms with Gasteiger partial charge in [-0.15, -0.1) is 12.4 Å². The molecule has 100 valence electrons. The summed E-state index contributed by atoms with van der Waals surface area (Å²) in [6, 6.07) is 1.54. The molecule has 0 spiro atoms. The maximum Gasteiger partial charge on any atom is 0.287 e. The van der Waals surface area contributed by atoms with Gasteiger partial charge in [0.1, 0.15) is 5.69 Å². The van der Waals surface area contributed by atoms with E-state index in [1.807, 2.05) is 0 Å². The van der Waals surface area contributed by atoms with Crippen LogP contribution in [-0.4, -0.2) is 34.9 Å². The van der Waals surface area contributed by atoms with Crippen LogP contribution in [0.5, 0.6) is 0 Å². The minimum Gasteiger partial charge on any atom is -0.351 e. The third-order valence-corrected chi connectivity index (χ3v) is 2.79. The number of carbonyl (C=O) groups excluding carboxylic acids is 1. The highest BCUT2D eigenvalue weighted by atomic mass is 35.5. The first kappa shape index (κ1) is 14.5. The van der Waals surface area contributed by atoms with E-state index in [-0.39, 0.29) is 29.7 Å². The Balaban J connectivity index is 0.00000162. The predicted octanol–water partition coefficient (Wildman–Crippen LogP) is 0.826. The fourth-order valence-corrected chi connectivity index (χ4v) is 1.86. The minimum atomic E-state index is -0.536. The van der Waals surface area contributed by atoms with Gasteiger partial charge >= 0.3 is 0 Å². The lowest BCUT2D eigenvalue weighted by atomic mass is 10.2. The molecule has 2 rings (SSSR count). The van der Waals surface area contributed by atoms with Gasteiger partial charge < -0.3 is 15.6 Å². The summed E-state index contributed by atoms with van der Waals surface area (Å²) < 4.78 is 0. The van der Waals surface area contributed by atoms with E-state index < -0.39 is 4.92 Å². The molecule has 0 saturated carbocycles. The third kappa shape index (κ3) is 3.44. The maximum absolute atomic E-state index is 11.6. The summed E-state index contributed by atoms with van der Waals surface area (Å²) in [7, 11) is 0. The molecule has 1 unspecified atom stereocenters. The monoisotopic (exact) mass is 274 g/mol. The van der Waals surface area contributed by atoms with Crippen LogP contribution < -0.4 is 10.6 Å². The van der Waals surface area contributed by atoms with E-state index in [1.165, 1.54) is 12.3 Å². The van der Waals surface area contributed by atoms with Gasteiger partial charge in [0.2, 0.25) is 0 Å². The predicted molar refractivity (Wildman–Crippen MR) is 68.1 cm³/mol. The molecule has 1 aliphatic heterocycles. The Kier molecular flexibility index (Phi) is 5.11. The SMILES string of the molecule is Cl.O=C(NCC1CCCN1)c1cc([N+](=O)[O-])c[nH]1. The summed E-state index contributed by atoms with van der Waals surface area (Å²) in [6.45, 7) is 1.53. The molecule has 0 aromatic carbocycles. The van der Waals surface area contributed by atoms with Crippen LogP contribution in [0.25, 0.3) is 0 Å². The van der Waals surface area contributed by atoms with Crippen molar-refractivity contribution in [3.8, 4) is 0 Å². The van der Waals surface area contributed by atoms with Crippen molar-refractivity contribution in [2.75, 3.05) is 13.1 Å². The highest BCUT2D eigenvalue weighted by Gasteiger charge is 2.17. The van der Waals surface area contributed by atoms with E-state index in [0.29, 0.717) is 12.6 Å². The smallest absolute Gasteiger partial charge is 0.287 e. The minimum absolute atomic E-state index is 0. The van der Waals surface area contributed by atoms with E-state index in [0.717, 1.165) is 19.4 Å². The van der Waals surface area contributed by atoms with Gasteiger partial charge in [0.25, 0.3) is 11.6 Å².